The van der Waals surface area contributed by atoms with Gasteiger partial charge in [0.15, 0.2) is 0 Å². The number of rotatable bonds is 0. The fraction of sp³-hybridized carbons (Fsp3) is 0.933. The molecular formula is C15H24O3. The Balaban J connectivity index is 1.86. The summed E-state index contributed by atoms with van der Waals surface area (Å²) in [6.45, 7) is 8.89. The summed E-state index contributed by atoms with van der Waals surface area (Å²) in [6.07, 6.45) is 2.47. The third-order valence-corrected chi connectivity index (χ3v) is 5.70. The first-order chi connectivity index (χ1) is 8.49. The van der Waals surface area contributed by atoms with Crippen LogP contribution in [-0.4, -0.2) is 24.3 Å². The summed E-state index contributed by atoms with van der Waals surface area (Å²) in [5.41, 5.74) is 0. The van der Waals surface area contributed by atoms with Gasteiger partial charge >= 0.3 is 5.97 Å². The second-order valence-electron chi connectivity index (χ2n) is 6.72. The fourth-order valence-electron chi connectivity index (χ4n) is 4.37. The molecule has 0 bridgehead atoms. The number of esters is 1. The van der Waals surface area contributed by atoms with Crippen LogP contribution in [0.2, 0.25) is 0 Å². The third kappa shape index (κ3) is 1.70. The molecule has 3 heteroatoms. The molecule has 0 aromatic carbocycles. The zero-order chi connectivity index (χ0) is 13.0. The number of hydrogen-bond acceptors (Lipinski definition) is 3. The average molecular weight is 252 g/mol. The van der Waals surface area contributed by atoms with Crippen molar-refractivity contribution in [1.29, 1.82) is 0 Å². The van der Waals surface area contributed by atoms with Crippen molar-refractivity contribution in [3.05, 3.63) is 0 Å². The Hall–Kier alpha value is -0.570. The van der Waals surface area contributed by atoms with Crippen molar-refractivity contribution in [3.8, 4) is 0 Å². The van der Waals surface area contributed by atoms with E-state index in [2.05, 4.69) is 27.7 Å². The van der Waals surface area contributed by atoms with Crippen molar-refractivity contribution >= 4 is 5.97 Å². The molecule has 2 heterocycles. The maximum absolute atomic E-state index is 11.6. The van der Waals surface area contributed by atoms with Gasteiger partial charge in [-0.25, -0.2) is 0 Å². The van der Waals surface area contributed by atoms with Crippen LogP contribution in [0.1, 0.15) is 40.5 Å². The van der Waals surface area contributed by atoms with Gasteiger partial charge in [-0.1, -0.05) is 20.8 Å². The summed E-state index contributed by atoms with van der Waals surface area (Å²) in [4.78, 5) is 11.6. The molecule has 0 aromatic rings. The fourth-order valence-corrected chi connectivity index (χ4v) is 4.37. The molecule has 8 atom stereocenters. The third-order valence-electron chi connectivity index (χ3n) is 5.70. The van der Waals surface area contributed by atoms with E-state index in [1.807, 2.05) is 0 Å². The smallest absolute Gasteiger partial charge is 0.306 e. The quantitative estimate of drug-likeness (QED) is 0.622. The van der Waals surface area contributed by atoms with Gasteiger partial charge in [-0.05, 0) is 37.0 Å². The molecule has 1 aliphatic carbocycles. The summed E-state index contributed by atoms with van der Waals surface area (Å²) in [6, 6.07) is 0. The second kappa shape index (κ2) is 4.22. The molecule has 102 valence electrons. The van der Waals surface area contributed by atoms with E-state index in [-0.39, 0.29) is 18.2 Å². The highest BCUT2D eigenvalue weighted by Gasteiger charge is 2.54. The van der Waals surface area contributed by atoms with Crippen molar-refractivity contribution in [2.45, 2.75) is 58.8 Å². The molecule has 1 saturated carbocycles. The van der Waals surface area contributed by atoms with Crippen LogP contribution >= 0.6 is 0 Å². The predicted octanol–water partition coefficient (Wildman–Crippen LogP) is 2.63. The minimum atomic E-state index is -0.0202. The van der Waals surface area contributed by atoms with Crippen molar-refractivity contribution in [3.63, 3.8) is 0 Å². The van der Waals surface area contributed by atoms with E-state index in [9.17, 15) is 4.79 Å². The highest BCUT2D eigenvalue weighted by molar-refractivity contribution is 5.70. The summed E-state index contributed by atoms with van der Waals surface area (Å²) in [5.74, 6) is 2.60. The van der Waals surface area contributed by atoms with Crippen LogP contribution in [0.4, 0.5) is 0 Å². The molecule has 0 N–H and O–H groups in total. The van der Waals surface area contributed by atoms with E-state index in [4.69, 9.17) is 9.47 Å². The summed E-state index contributed by atoms with van der Waals surface area (Å²) < 4.78 is 11.8. The molecule has 3 rings (SSSR count). The Morgan fingerprint density at radius 3 is 2.44 bits per heavy atom. The number of carbonyl (C=O) groups is 1. The Morgan fingerprint density at radius 1 is 1.00 bits per heavy atom. The van der Waals surface area contributed by atoms with Gasteiger partial charge in [-0.2, -0.15) is 0 Å². The predicted molar refractivity (Wildman–Crippen MR) is 67.9 cm³/mol. The zero-order valence-corrected chi connectivity index (χ0v) is 11.8. The van der Waals surface area contributed by atoms with Gasteiger partial charge in [0, 0.05) is 12.3 Å². The summed E-state index contributed by atoms with van der Waals surface area (Å²) in [5, 5.41) is 0. The van der Waals surface area contributed by atoms with Crippen LogP contribution in [-0.2, 0) is 14.3 Å². The van der Waals surface area contributed by atoms with E-state index >= 15 is 0 Å². The molecule has 2 aliphatic heterocycles. The molecule has 0 radical (unpaired) electrons. The lowest BCUT2D eigenvalue weighted by atomic mass is 9.64. The SMILES string of the molecule is CC1CC(=O)OC2C(C)C3OC(C)C(C)C3CC12. The van der Waals surface area contributed by atoms with Crippen LogP contribution < -0.4 is 0 Å². The lowest BCUT2D eigenvalue weighted by Crippen LogP contribution is -2.52. The van der Waals surface area contributed by atoms with E-state index in [1.54, 1.807) is 0 Å². The van der Waals surface area contributed by atoms with Gasteiger partial charge in [0.25, 0.3) is 0 Å². The molecular weight excluding hydrogens is 228 g/mol. The number of hydrogen-bond donors (Lipinski definition) is 0. The van der Waals surface area contributed by atoms with Crippen molar-refractivity contribution in [2.75, 3.05) is 0 Å². The van der Waals surface area contributed by atoms with Gasteiger partial charge in [0.05, 0.1) is 12.2 Å². The number of ether oxygens (including phenoxy) is 2. The van der Waals surface area contributed by atoms with Crippen molar-refractivity contribution < 1.29 is 14.3 Å². The van der Waals surface area contributed by atoms with E-state index in [0.717, 1.165) is 0 Å². The highest BCUT2D eigenvalue weighted by Crippen LogP contribution is 2.50. The highest BCUT2D eigenvalue weighted by atomic mass is 16.6. The van der Waals surface area contributed by atoms with Gasteiger partial charge in [0.1, 0.15) is 6.10 Å². The summed E-state index contributed by atoms with van der Waals surface area (Å²) >= 11 is 0. The Bertz CT molecular complexity index is 354. The van der Waals surface area contributed by atoms with Gasteiger partial charge in [-0.15, -0.1) is 0 Å². The van der Waals surface area contributed by atoms with Gasteiger partial charge < -0.3 is 9.47 Å². The van der Waals surface area contributed by atoms with Crippen LogP contribution in [0.5, 0.6) is 0 Å². The Labute approximate surface area is 109 Å². The monoisotopic (exact) mass is 252 g/mol. The molecule has 0 amide bonds. The van der Waals surface area contributed by atoms with Crippen LogP contribution in [0.3, 0.4) is 0 Å². The maximum Gasteiger partial charge on any atom is 0.306 e. The van der Waals surface area contributed by atoms with Gasteiger partial charge in [-0.3, -0.25) is 4.79 Å². The van der Waals surface area contributed by atoms with E-state index < -0.39 is 0 Å². The molecule has 3 fully saturated rings. The lowest BCUT2D eigenvalue weighted by molar-refractivity contribution is -0.182. The standard InChI is InChI=1S/C15H24O3/c1-7-5-13(16)18-14-9(3)15-12(6-11(7)14)8(2)10(4)17-15/h7-12,14-15H,5-6H2,1-4H3. The first-order valence-electron chi connectivity index (χ1n) is 7.34. The van der Waals surface area contributed by atoms with E-state index in [0.29, 0.717) is 42.1 Å². The summed E-state index contributed by atoms with van der Waals surface area (Å²) in [7, 11) is 0. The van der Waals surface area contributed by atoms with E-state index in [1.165, 1.54) is 6.42 Å². The van der Waals surface area contributed by atoms with Crippen molar-refractivity contribution in [1.82, 2.24) is 0 Å². The normalized spacial score (nSPS) is 55.7. The van der Waals surface area contributed by atoms with Crippen LogP contribution in [0.25, 0.3) is 0 Å². The topological polar surface area (TPSA) is 35.5 Å². The maximum atomic E-state index is 11.6. The number of fused-ring (bicyclic) bond motifs is 2. The Morgan fingerprint density at radius 2 is 1.72 bits per heavy atom. The number of carbonyl (C=O) groups excluding carboxylic acids is 1. The van der Waals surface area contributed by atoms with Crippen molar-refractivity contribution in [2.24, 2.45) is 29.6 Å². The minimum absolute atomic E-state index is 0.0202. The molecule has 3 aliphatic rings. The molecule has 8 unspecified atom stereocenters. The minimum Gasteiger partial charge on any atom is -0.462 e. The first kappa shape index (κ1) is 12.5. The first-order valence-corrected chi connectivity index (χ1v) is 7.34. The second-order valence-corrected chi connectivity index (χ2v) is 6.72. The zero-order valence-electron chi connectivity index (χ0n) is 11.8. The lowest BCUT2D eigenvalue weighted by Gasteiger charge is -2.47. The molecule has 2 saturated heterocycles. The molecule has 3 nitrogen and oxygen atoms in total. The molecule has 0 spiro atoms. The Kier molecular flexibility index (Phi) is 2.92. The van der Waals surface area contributed by atoms with Gasteiger partial charge in [0.2, 0.25) is 0 Å². The molecule has 0 aromatic heterocycles. The van der Waals surface area contributed by atoms with Crippen LogP contribution in [0.15, 0.2) is 0 Å². The van der Waals surface area contributed by atoms with Crippen LogP contribution in [0, 0.1) is 29.6 Å². The largest absolute Gasteiger partial charge is 0.462 e. The molecule has 18 heavy (non-hydrogen) atoms. The average Bonchev–Trinajstić information content (AvgIpc) is 2.59.